The van der Waals surface area contributed by atoms with E-state index in [-0.39, 0.29) is 24.0 Å². The molecule has 0 fully saturated rings. The van der Waals surface area contributed by atoms with Gasteiger partial charge >= 0.3 is 0 Å². The molecular formula is C19H34IN3O3. The van der Waals surface area contributed by atoms with E-state index in [0.29, 0.717) is 39.5 Å². The highest BCUT2D eigenvalue weighted by atomic mass is 127. The molecule has 0 bridgehead atoms. The van der Waals surface area contributed by atoms with Gasteiger partial charge in [-0.15, -0.1) is 24.0 Å². The molecule has 2 N–H and O–H groups in total. The topological polar surface area (TPSA) is 64.1 Å². The van der Waals surface area contributed by atoms with Crippen LogP contribution in [0.3, 0.4) is 0 Å². The number of rotatable bonds is 13. The third-order valence-corrected chi connectivity index (χ3v) is 3.46. The number of aliphatic imine (C=N–C) groups is 1. The molecule has 7 heteroatoms. The van der Waals surface area contributed by atoms with Crippen molar-refractivity contribution in [3.05, 3.63) is 29.8 Å². The summed E-state index contributed by atoms with van der Waals surface area (Å²) in [5.41, 5.74) is 1.23. The van der Waals surface area contributed by atoms with E-state index in [1.165, 1.54) is 5.56 Å². The van der Waals surface area contributed by atoms with Gasteiger partial charge in [0.05, 0.1) is 26.4 Å². The van der Waals surface area contributed by atoms with Crippen molar-refractivity contribution >= 4 is 29.9 Å². The Morgan fingerprint density at radius 2 is 1.54 bits per heavy atom. The second kappa shape index (κ2) is 17.4. The Labute approximate surface area is 175 Å². The van der Waals surface area contributed by atoms with Crippen molar-refractivity contribution in [1.82, 2.24) is 10.6 Å². The van der Waals surface area contributed by atoms with Crippen LogP contribution in [-0.2, 0) is 9.47 Å². The summed E-state index contributed by atoms with van der Waals surface area (Å²) >= 11 is 0. The van der Waals surface area contributed by atoms with Crippen molar-refractivity contribution in [1.29, 1.82) is 0 Å². The Morgan fingerprint density at radius 3 is 2.15 bits per heavy atom. The summed E-state index contributed by atoms with van der Waals surface area (Å²) < 4.78 is 16.6. The van der Waals surface area contributed by atoms with Crippen molar-refractivity contribution in [2.24, 2.45) is 4.99 Å². The Morgan fingerprint density at radius 1 is 0.923 bits per heavy atom. The molecule has 1 aromatic carbocycles. The third kappa shape index (κ3) is 13.2. The number of ether oxygens (including phenoxy) is 3. The fourth-order valence-corrected chi connectivity index (χ4v) is 2.00. The molecule has 0 aliphatic carbocycles. The summed E-state index contributed by atoms with van der Waals surface area (Å²) in [5.74, 6) is 1.63. The van der Waals surface area contributed by atoms with E-state index in [0.717, 1.165) is 31.2 Å². The van der Waals surface area contributed by atoms with E-state index in [1.54, 1.807) is 7.05 Å². The van der Waals surface area contributed by atoms with Crippen LogP contribution in [0.4, 0.5) is 0 Å². The summed E-state index contributed by atoms with van der Waals surface area (Å²) in [4.78, 5) is 4.17. The third-order valence-electron chi connectivity index (χ3n) is 3.46. The molecule has 0 heterocycles. The van der Waals surface area contributed by atoms with Crippen molar-refractivity contribution < 1.29 is 14.2 Å². The minimum absolute atomic E-state index is 0. The molecule has 0 atom stereocenters. The van der Waals surface area contributed by atoms with Gasteiger partial charge in [0.15, 0.2) is 5.96 Å². The predicted octanol–water partition coefficient (Wildman–Crippen LogP) is 2.99. The van der Waals surface area contributed by atoms with Gasteiger partial charge in [-0.1, -0.05) is 31.0 Å². The molecular weight excluding hydrogens is 445 g/mol. The Kier molecular flexibility index (Phi) is 16.7. The van der Waals surface area contributed by atoms with Crippen LogP contribution in [0.25, 0.3) is 0 Å². The van der Waals surface area contributed by atoms with Crippen LogP contribution in [0.5, 0.6) is 5.75 Å². The van der Waals surface area contributed by atoms with E-state index in [1.807, 2.05) is 24.3 Å². The Balaban J connectivity index is 0.00000625. The van der Waals surface area contributed by atoms with Crippen molar-refractivity contribution in [3.8, 4) is 5.75 Å². The molecule has 1 aromatic rings. The van der Waals surface area contributed by atoms with Crippen molar-refractivity contribution in [2.75, 3.05) is 53.2 Å². The fraction of sp³-hybridized carbons (Fsp3) is 0.632. The number of unbranched alkanes of at least 4 members (excludes halogenated alkanes) is 1. The first-order valence-electron chi connectivity index (χ1n) is 9.05. The van der Waals surface area contributed by atoms with E-state index < -0.39 is 0 Å². The van der Waals surface area contributed by atoms with Crippen LogP contribution < -0.4 is 15.4 Å². The van der Waals surface area contributed by atoms with Gasteiger partial charge < -0.3 is 24.8 Å². The van der Waals surface area contributed by atoms with E-state index in [9.17, 15) is 0 Å². The van der Waals surface area contributed by atoms with Gasteiger partial charge in [0.25, 0.3) is 0 Å². The first kappa shape index (κ1) is 24.9. The maximum absolute atomic E-state index is 5.67. The minimum Gasteiger partial charge on any atom is -0.492 e. The van der Waals surface area contributed by atoms with Crippen LogP contribution in [0.15, 0.2) is 29.3 Å². The molecule has 0 aromatic heterocycles. The van der Waals surface area contributed by atoms with Crippen LogP contribution in [0.1, 0.15) is 25.3 Å². The second-order valence-electron chi connectivity index (χ2n) is 5.67. The van der Waals surface area contributed by atoms with Gasteiger partial charge in [-0.25, -0.2) is 0 Å². The van der Waals surface area contributed by atoms with Gasteiger partial charge in [-0.2, -0.15) is 0 Å². The van der Waals surface area contributed by atoms with Gasteiger partial charge in [0.1, 0.15) is 12.4 Å². The monoisotopic (exact) mass is 479 g/mol. The molecule has 0 saturated carbocycles. The van der Waals surface area contributed by atoms with Crippen LogP contribution >= 0.6 is 24.0 Å². The first-order chi connectivity index (χ1) is 12.3. The lowest BCUT2D eigenvalue weighted by Gasteiger charge is -2.13. The fourth-order valence-electron chi connectivity index (χ4n) is 2.00. The van der Waals surface area contributed by atoms with Crippen LogP contribution in [0.2, 0.25) is 0 Å². The normalized spacial score (nSPS) is 11.0. The molecule has 0 spiro atoms. The lowest BCUT2D eigenvalue weighted by Crippen LogP contribution is -2.40. The number of benzene rings is 1. The number of aryl methyl sites for hydroxylation is 1. The average molecular weight is 479 g/mol. The molecule has 0 aliphatic heterocycles. The summed E-state index contributed by atoms with van der Waals surface area (Å²) in [6, 6.07) is 8.04. The maximum Gasteiger partial charge on any atom is 0.191 e. The number of hydrogen-bond acceptors (Lipinski definition) is 4. The zero-order valence-electron chi connectivity index (χ0n) is 16.3. The Bertz CT molecular complexity index is 470. The van der Waals surface area contributed by atoms with Crippen molar-refractivity contribution in [2.45, 2.75) is 26.7 Å². The minimum atomic E-state index is 0. The zero-order chi connectivity index (χ0) is 18.2. The largest absolute Gasteiger partial charge is 0.492 e. The highest BCUT2D eigenvalue weighted by molar-refractivity contribution is 14.0. The lowest BCUT2D eigenvalue weighted by molar-refractivity contribution is 0.0487. The summed E-state index contributed by atoms with van der Waals surface area (Å²) in [7, 11) is 1.75. The zero-order valence-corrected chi connectivity index (χ0v) is 18.6. The summed E-state index contributed by atoms with van der Waals surface area (Å²) in [6.45, 7) is 8.90. The number of guanidine groups is 1. The molecule has 0 radical (unpaired) electrons. The molecule has 0 aliphatic rings. The van der Waals surface area contributed by atoms with E-state index in [4.69, 9.17) is 14.2 Å². The summed E-state index contributed by atoms with van der Waals surface area (Å²) in [5, 5.41) is 6.41. The number of nitrogens with one attached hydrogen (secondary N) is 2. The standard InChI is InChI=1S/C19H33N3O3.HI/c1-4-5-12-23-15-16-24-13-10-21-19(20-3)22-11-14-25-18-8-6-17(2)7-9-18;/h6-9H,4-5,10-16H2,1-3H3,(H2,20,21,22);1H. The Hall–Kier alpha value is -1.06. The quantitative estimate of drug-likeness (QED) is 0.197. The van der Waals surface area contributed by atoms with Crippen LogP contribution in [0, 0.1) is 6.92 Å². The predicted molar refractivity (Wildman–Crippen MR) is 118 cm³/mol. The van der Waals surface area contributed by atoms with Crippen molar-refractivity contribution in [3.63, 3.8) is 0 Å². The van der Waals surface area contributed by atoms with E-state index >= 15 is 0 Å². The molecule has 0 unspecified atom stereocenters. The maximum atomic E-state index is 5.67. The highest BCUT2D eigenvalue weighted by Crippen LogP contribution is 2.10. The second-order valence-corrected chi connectivity index (χ2v) is 5.67. The molecule has 26 heavy (non-hydrogen) atoms. The molecule has 0 saturated heterocycles. The average Bonchev–Trinajstić information content (AvgIpc) is 2.63. The number of nitrogens with zero attached hydrogens (tertiary/aromatic N) is 1. The van der Waals surface area contributed by atoms with Crippen LogP contribution in [-0.4, -0.2) is 59.1 Å². The summed E-state index contributed by atoms with van der Waals surface area (Å²) in [6.07, 6.45) is 2.27. The SMILES string of the molecule is CCCCOCCOCCNC(=NC)NCCOc1ccc(C)cc1.I. The smallest absolute Gasteiger partial charge is 0.191 e. The van der Waals surface area contributed by atoms with Gasteiger partial charge in [0, 0.05) is 20.2 Å². The molecule has 0 amide bonds. The lowest BCUT2D eigenvalue weighted by atomic mass is 10.2. The van der Waals surface area contributed by atoms with Gasteiger partial charge in [-0.05, 0) is 25.5 Å². The van der Waals surface area contributed by atoms with Gasteiger partial charge in [-0.3, -0.25) is 4.99 Å². The number of halogens is 1. The highest BCUT2D eigenvalue weighted by Gasteiger charge is 1.98. The van der Waals surface area contributed by atoms with Gasteiger partial charge in [0.2, 0.25) is 0 Å². The molecule has 6 nitrogen and oxygen atoms in total. The molecule has 1 rings (SSSR count). The number of hydrogen-bond donors (Lipinski definition) is 2. The van der Waals surface area contributed by atoms with E-state index in [2.05, 4.69) is 29.5 Å². The molecule has 150 valence electrons. The first-order valence-corrected chi connectivity index (χ1v) is 9.05.